The molecule has 0 radical (unpaired) electrons. The Morgan fingerprint density at radius 1 is 1.50 bits per heavy atom. The van der Waals surface area contributed by atoms with Crippen LogP contribution in [0.2, 0.25) is 0 Å². The number of hydrogen-bond donors (Lipinski definition) is 1. The highest BCUT2D eigenvalue weighted by Gasteiger charge is 2.08. The lowest BCUT2D eigenvalue weighted by molar-refractivity contribution is 0.0600. The van der Waals surface area contributed by atoms with Gasteiger partial charge in [-0.25, -0.2) is 4.79 Å². The van der Waals surface area contributed by atoms with Gasteiger partial charge in [-0.1, -0.05) is 18.2 Å². The fourth-order valence-electron chi connectivity index (χ4n) is 0.967. The number of rotatable bonds is 2. The highest BCUT2D eigenvalue weighted by Crippen LogP contribution is 2.11. The van der Waals surface area contributed by atoms with Gasteiger partial charge in [0.05, 0.1) is 12.7 Å². The Kier molecular flexibility index (Phi) is 3.17. The molecule has 2 nitrogen and oxygen atoms in total. The molecule has 12 heavy (non-hydrogen) atoms. The van der Waals surface area contributed by atoms with Crippen molar-refractivity contribution in [2.75, 3.05) is 7.11 Å². The zero-order chi connectivity index (χ0) is 8.97. The van der Waals surface area contributed by atoms with Gasteiger partial charge in [-0.2, -0.15) is 12.6 Å². The quantitative estimate of drug-likeness (QED) is 0.558. The molecule has 0 aromatic heterocycles. The Hall–Kier alpha value is -0.960. The van der Waals surface area contributed by atoms with E-state index in [4.69, 9.17) is 0 Å². The fraction of sp³-hybridized carbons (Fsp3) is 0.222. The fourth-order valence-corrected chi connectivity index (χ4v) is 1.24. The van der Waals surface area contributed by atoms with Gasteiger partial charge in [-0.15, -0.1) is 0 Å². The first-order valence-electron chi connectivity index (χ1n) is 3.56. The van der Waals surface area contributed by atoms with E-state index >= 15 is 0 Å². The zero-order valence-electron chi connectivity index (χ0n) is 6.78. The van der Waals surface area contributed by atoms with Crippen LogP contribution in [0, 0.1) is 0 Å². The molecule has 0 N–H and O–H groups in total. The molecule has 64 valence electrons. The van der Waals surface area contributed by atoms with E-state index in [1.165, 1.54) is 7.11 Å². The summed E-state index contributed by atoms with van der Waals surface area (Å²) >= 11 is 4.11. The minimum absolute atomic E-state index is 0.306. The maximum Gasteiger partial charge on any atom is 0.338 e. The van der Waals surface area contributed by atoms with E-state index in [1.54, 1.807) is 12.1 Å². The van der Waals surface area contributed by atoms with Crippen molar-refractivity contribution in [3.8, 4) is 0 Å². The summed E-state index contributed by atoms with van der Waals surface area (Å²) in [6.07, 6.45) is 0. The third-order valence-corrected chi connectivity index (χ3v) is 1.93. The van der Waals surface area contributed by atoms with Crippen LogP contribution in [0.1, 0.15) is 15.9 Å². The van der Waals surface area contributed by atoms with E-state index < -0.39 is 0 Å². The van der Waals surface area contributed by atoms with E-state index in [1.807, 2.05) is 12.1 Å². The molecular formula is C9H10O2S. The number of ether oxygens (including phenoxy) is 1. The van der Waals surface area contributed by atoms with Crippen LogP contribution in [-0.4, -0.2) is 13.1 Å². The topological polar surface area (TPSA) is 26.3 Å². The molecule has 0 aliphatic heterocycles. The summed E-state index contributed by atoms with van der Waals surface area (Å²) in [5.41, 5.74) is 1.49. The molecule has 0 unspecified atom stereocenters. The monoisotopic (exact) mass is 182 g/mol. The smallest absolute Gasteiger partial charge is 0.338 e. The molecular weight excluding hydrogens is 172 g/mol. The van der Waals surface area contributed by atoms with Crippen LogP contribution in [0.15, 0.2) is 24.3 Å². The first-order chi connectivity index (χ1) is 5.79. The molecule has 0 heterocycles. The SMILES string of the molecule is COC(=O)c1ccccc1CS. The number of carbonyl (C=O) groups excluding carboxylic acids is 1. The van der Waals surface area contributed by atoms with Gasteiger partial charge in [-0.3, -0.25) is 0 Å². The van der Waals surface area contributed by atoms with E-state index in [2.05, 4.69) is 17.4 Å². The standard InChI is InChI=1S/C9H10O2S/c1-11-9(10)8-5-3-2-4-7(8)6-12/h2-5,12H,6H2,1H3. The minimum atomic E-state index is -0.306. The van der Waals surface area contributed by atoms with Gasteiger partial charge in [0.1, 0.15) is 0 Å². The third kappa shape index (κ3) is 1.80. The maximum absolute atomic E-state index is 11.1. The summed E-state index contributed by atoms with van der Waals surface area (Å²) in [5.74, 6) is 0.241. The number of methoxy groups -OCH3 is 1. The van der Waals surface area contributed by atoms with Crippen LogP contribution in [0.4, 0.5) is 0 Å². The van der Waals surface area contributed by atoms with Crippen LogP contribution in [-0.2, 0) is 10.5 Å². The molecule has 0 fully saturated rings. The maximum atomic E-state index is 11.1. The van der Waals surface area contributed by atoms with Crippen molar-refractivity contribution in [2.24, 2.45) is 0 Å². The summed E-state index contributed by atoms with van der Waals surface area (Å²) < 4.78 is 4.61. The molecule has 0 aliphatic rings. The predicted molar refractivity (Wildman–Crippen MR) is 50.5 cm³/mol. The van der Waals surface area contributed by atoms with Gasteiger partial charge in [-0.05, 0) is 11.6 Å². The van der Waals surface area contributed by atoms with Gasteiger partial charge in [0, 0.05) is 5.75 Å². The number of benzene rings is 1. The molecule has 1 aromatic carbocycles. The van der Waals surface area contributed by atoms with E-state index in [0.717, 1.165) is 5.56 Å². The molecule has 0 bridgehead atoms. The summed E-state index contributed by atoms with van der Waals surface area (Å²) in [6.45, 7) is 0. The number of esters is 1. The lowest BCUT2D eigenvalue weighted by Crippen LogP contribution is -2.04. The van der Waals surface area contributed by atoms with Gasteiger partial charge in [0.15, 0.2) is 0 Å². The van der Waals surface area contributed by atoms with Crippen LogP contribution in [0.25, 0.3) is 0 Å². The average Bonchev–Trinajstić information content (AvgIpc) is 2.16. The predicted octanol–water partition coefficient (Wildman–Crippen LogP) is 1.90. The molecule has 0 saturated carbocycles. The van der Waals surface area contributed by atoms with Gasteiger partial charge < -0.3 is 4.74 Å². The van der Waals surface area contributed by atoms with Crippen LogP contribution >= 0.6 is 12.6 Å². The number of carbonyl (C=O) groups is 1. The van der Waals surface area contributed by atoms with Crippen molar-refractivity contribution in [3.05, 3.63) is 35.4 Å². The van der Waals surface area contributed by atoms with Crippen LogP contribution in [0.5, 0.6) is 0 Å². The molecule has 0 saturated heterocycles. The zero-order valence-corrected chi connectivity index (χ0v) is 7.67. The Balaban J connectivity index is 3.04. The molecule has 1 aromatic rings. The Labute approximate surface area is 77.0 Å². The second kappa shape index (κ2) is 4.16. The van der Waals surface area contributed by atoms with Gasteiger partial charge in [0.2, 0.25) is 0 Å². The first-order valence-corrected chi connectivity index (χ1v) is 4.20. The molecule has 3 heteroatoms. The van der Waals surface area contributed by atoms with E-state index in [0.29, 0.717) is 11.3 Å². The average molecular weight is 182 g/mol. The Bertz CT molecular complexity index is 284. The molecule has 1 rings (SSSR count). The van der Waals surface area contributed by atoms with Crippen molar-refractivity contribution in [1.82, 2.24) is 0 Å². The lowest BCUT2D eigenvalue weighted by atomic mass is 10.1. The van der Waals surface area contributed by atoms with Gasteiger partial charge in [0.25, 0.3) is 0 Å². The first kappa shape index (κ1) is 9.13. The Morgan fingerprint density at radius 3 is 2.75 bits per heavy atom. The number of thiol groups is 1. The minimum Gasteiger partial charge on any atom is -0.465 e. The van der Waals surface area contributed by atoms with Crippen molar-refractivity contribution in [1.29, 1.82) is 0 Å². The van der Waals surface area contributed by atoms with Crippen molar-refractivity contribution in [2.45, 2.75) is 5.75 Å². The summed E-state index contributed by atoms with van der Waals surface area (Å²) in [6, 6.07) is 7.27. The summed E-state index contributed by atoms with van der Waals surface area (Å²) in [4.78, 5) is 11.1. The van der Waals surface area contributed by atoms with E-state index in [9.17, 15) is 4.79 Å². The summed E-state index contributed by atoms with van der Waals surface area (Å²) in [5, 5.41) is 0. The summed E-state index contributed by atoms with van der Waals surface area (Å²) in [7, 11) is 1.37. The Morgan fingerprint density at radius 2 is 2.17 bits per heavy atom. The third-order valence-electron chi connectivity index (χ3n) is 1.59. The van der Waals surface area contributed by atoms with Crippen LogP contribution in [0.3, 0.4) is 0 Å². The largest absolute Gasteiger partial charge is 0.465 e. The number of hydrogen-bond acceptors (Lipinski definition) is 3. The lowest BCUT2D eigenvalue weighted by Gasteiger charge is -2.03. The van der Waals surface area contributed by atoms with Crippen LogP contribution < -0.4 is 0 Å². The molecule has 0 spiro atoms. The highest BCUT2D eigenvalue weighted by molar-refractivity contribution is 7.79. The van der Waals surface area contributed by atoms with Crippen molar-refractivity contribution < 1.29 is 9.53 Å². The van der Waals surface area contributed by atoms with Crippen molar-refractivity contribution >= 4 is 18.6 Å². The molecule has 0 amide bonds. The second-order valence-electron chi connectivity index (χ2n) is 2.31. The van der Waals surface area contributed by atoms with E-state index in [-0.39, 0.29) is 5.97 Å². The highest BCUT2D eigenvalue weighted by atomic mass is 32.1. The normalized spacial score (nSPS) is 9.50. The van der Waals surface area contributed by atoms with Crippen molar-refractivity contribution in [3.63, 3.8) is 0 Å². The van der Waals surface area contributed by atoms with Gasteiger partial charge >= 0.3 is 5.97 Å². The molecule has 0 atom stereocenters. The second-order valence-corrected chi connectivity index (χ2v) is 2.62. The molecule has 0 aliphatic carbocycles.